The second-order valence-electron chi connectivity index (χ2n) is 10.3. The van der Waals surface area contributed by atoms with Gasteiger partial charge in [0, 0.05) is 18.0 Å². The number of hydrogen-bond donors (Lipinski definition) is 2. The van der Waals surface area contributed by atoms with Crippen LogP contribution >= 0.6 is 58.0 Å². The fourth-order valence-electron chi connectivity index (χ4n) is 4.97. The standard InChI is InChI=1S/C31H28Cl5N3O4/c1-18-25(15-39-17-38-27(32)28(39)33)42-29(43-26(18)22-7-5-19(16-40)6-8-22)23-11-9-21(10-12-23)24-4-2-3-20(13-24)14-37-30(41)31(34,35)36/h2-13,17-18,25-26,29,40H,14-16H2,1H3,(H,37,41)/t18-,25+,26+,29+/m0/s1. The molecule has 7 nitrogen and oxygen atoms in total. The van der Waals surface area contributed by atoms with Gasteiger partial charge in [0.05, 0.1) is 31.7 Å². The van der Waals surface area contributed by atoms with E-state index in [9.17, 15) is 9.90 Å². The number of rotatable bonds is 8. The zero-order valence-electron chi connectivity index (χ0n) is 22.9. The summed E-state index contributed by atoms with van der Waals surface area (Å²) >= 11 is 29.4. The smallest absolute Gasteiger partial charge is 0.272 e. The lowest BCUT2D eigenvalue weighted by molar-refractivity contribution is -0.276. The van der Waals surface area contributed by atoms with Crippen LogP contribution in [0, 0.1) is 5.92 Å². The Morgan fingerprint density at radius 3 is 2.28 bits per heavy atom. The average Bonchev–Trinajstić information content (AvgIpc) is 3.33. The Bertz CT molecular complexity index is 1560. The molecule has 12 heteroatoms. The molecule has 1 saturated heterocycles. The average molecular weight is 684 g/mol. The van der Waals surface area contributed by atoms with Crippen molar-refractivity contribution >= 4 is 63.9 Å². The summed E-state index contributed by atoms with van der Waals surface area (Å²) in [6, 6.07) is 23.4. The van der Waals surface area contributed by atoms with E-state index in [0.29, 0.717) is 11.7 Å². The maximum absolute atomic E-state index is 11.9. The molecule has 2 N–H and O–H groups in total. The van der Waals surface area contributed by atoms with E-state index in [1.807, 2.05) is 72.8 Å². The highest BCUT2D eigenvalue weighted by molar-refractivity contribution is 6.76. The minimum atomic E-state index is -2.02. The highest BCUT2D eigenvalue weighted by Gasteiger charge is 2.39. The van der Waals surface area contributed by atoms with E-state index in [1.54, 1.807) is 10.9 Å². The predicted molar refractivity (Wildman–Crippen MR) is 169 cm³/mol. The van der Waals surface area contributed by atoms with E-state index < -0.39 is 16.0 Å². The monoisotopic (exact) mass is 681 g/mol. The van der Waals surface area contributed by atoms with Crippen LogP contribution in [0.4, 0.5) is 0 Å². The van der Waals surface area contributed by atoms with Gasteiger partial charge in [-0.25, -0.2) is 4.98 Å². The summed E-state index contributed by atoms with van der Waals surface area (Å²) in [6.45, 7) is 2.69. The summed E-state index contributed by atoms with van der Waals surface area (Å²) in [4.78, 5) is 16.0. The summed E-state index contributed by atoms with van der Waals surface area (Å²) in [7, 11) is 0. The lowest BCUT2D eigenvalue weighted by atomic mass is 9.90. The molecule has 4 atom stereocenters. The molecule has 43 heavy (non-hydrogen) atoms. The van der Waals surface area contributed by atoms with Crippen molar-refractivity contribution in [3.8, 4) is 11.1 Å². The Morgan fingerprint density at radius 2 is 1.65 bits per heavy atom. The summed E-state index contributed by atoms with van der Waals surface area (Å²) in [5, 5.41) is 12.7. The van der Waals surface area contributed by atoms with Crippen molar-refractivity contribution in [3.05, 3.63) is 112 Å². The highest BCUT2D eigenvalue weighted by Crippen LogP contribution is 2.42. The normalized spacial score (nSPS) is 20.6. The minimum Gasteiger partial charge on any atom is -0.392 e. The number of aliphatic hydroxyl groups excluding tert-OH is 1. The van der Waals surface area contributed by atoms with Crippen molar-refractivity contribution in [2.75, 3.05) is 0 Å². The fraction of sp³-hybridized carbons (Fsp3) is 0.290. The number of nitrogens with one attached hydrogen (secondary N) is 1. The van der Waals surface area contributed by atoms with Gasteiger partial charge in [0.1, 0.15) is 5.15 Å². The number of nitrogens with zero attached hydrogens (tertiary/aromatic N) is 2. The third-order valence-corrected chi connectivity index (χ3v) is 8.67. The van der Waals surface area contributed by atoms with Crippen LogP contribution in [0.5, 0.6) is 0 Å². The van der Waals surface area contributed by atoms with Crippen LogP contribution in [0.25, 0.3) is 11.1 Å². The first-order valence-electron chi connectivity index (χ1n) is 13.4. The first-order valence-corrected chi connectivity index (χ1v) is 15.3. The van der Waals surface area contributed by atoms with Crippen LogP contribution in [-0.4, -0.2) is 30.5 Å². The van der Waals surface area contributed by atoms with Gasteiger partial charge in [-0.05, 0) is 33.9 Å². The number of ether oxygens (including phenoxy) is 2. The number of carbonyl (C=O) groups is 1. The molecule has 0 unspecified atom stereocenters. The van der Waals surface area contributed by atoms with Gasteiger partial charge in [-0.1, -0.05) is 132 Å². The predicted octanol–water partition coefficient (Wildman–Crippen LogP) is 7.83. The summed E-state index contributed by atoms with van der Waals surface area (Å²) in [6.07, 6.45) is 0.387. The number of amides is 1. The van der Waals surface area contributed by atoms with E-state index in [-0.39, 0.29) is 36.4 Å². The lowest BCUT2D eigenvalue weighted by Crippen LogP contribution is -2.39. The highest BCUT2D eigenvalue weighted by atomic mass is 35.6. The van der Waals surface area contributed by atoms with Crippen LogP contribution in [0.2, 0.25) is 10.3 Å². The molecular weight excluding hydrogens is 656 g/mol. The summed E-state index contributed by atoms with van der Waals surface area (Å²) in [5.41, 5.74) is 5.43. The molecule has 3 aromatic carbocycles. The van der Waals surface area contributed by atoms with Gasteiger partial charge in [-0.15, -0.1) is 0 Å². The van der Waals surface area contributed by atoms with Crippen molar-refractivity contribution in [3.63, 3.8) is 0 Å². The molecule has 5 rings (SSSR count). The van der Waals surface area contributed by atoms with Gasteiger partial charge in [0.15, 0.2) is 11.4 Å². The fourth-order valence-corrected chi connectivity index (χ4v) is 5.48. The Balaban J connectivity index is 1.37. The molecular formula is C31H28Cl5N3O4. The van der Waals surface area contributed by atoms with E-state index >= 15 is 0 Å². The Morgan fingerprint density at radius 1 is 0.953 bits per heavy atom. The molecule has 0 radical (unpaired) electrons. The van der Waals surface area contributed by atoms with Gasteiger partial charge >= 0.3 is 0 Å². The van der Waals surface area contributed by atoms with Gasteiger partial charge < -0.3 is 24.5 Å². The summed E-state index contributed by atoms with van der Waals surface area (Å²) < 4.78 is 12.8. The van der Waals surface area contributed by atoms with Crippen LogP contribution in [0.1, 0.15) is 41.6 Å². The number of benzene rings is 3. The van der Waals surface area contributed by atoms with Crippen LogP contribution in [-0.2, 0) is 34.0 Å². The molecule has 1 fully saturated rings. The van der Waals surface area contributed by atoms with Crippen molar-refractivity contribution in [2.24, 2.45) is 5.92 Å². The number of hydrogen-bond acceptors (Lipinski definition) is 5. The maximum atomic E-state index is 11.9. The minimum absolute atomic E-state index is 0.0333. The van der Waals surface area contributed by atoms with Crippen molar-refractivity contribution < 1.29 is 19.4 Å². The summed E-state index contributed by atoms with van der Waals surface area (Å²) in [5.74, 6) is -0.731. The van der Waals surface area contributed by atoms with Crippen molar-refractivity contribution in [2.45, 2.75) is 48.9 Å². The van der Waals surface area contributed by atoms with E-state index in [0.717, 1.165) is 33.4 Å². The zero-order chi connectivity index (χ0) is 30.7. The number of aromatic nitrogens is 2. The third-order valence-electron chi connectivity index (χ3n) is 7.39. The quantitative estimate of drug-likeness (QED) is 0.185. The van der Waals surface area contributed by atoms with Crippen LogP contribution < -0.4 is 5.32 Å². The van der Waals surface area contributed by atoms with E-state index in [4.69, 9.17) is 67.5 Å². The van der Waals surface area contributed by atoms with Gasteiger partial charge in [-0.2, -0.15) is 0 Å². The molecule has 2 heterocycles. The molecule has 226 valence electrons. The SMILES string of the molecule is C[C@H]1[C@@H](Cn2cnc(Cl)c2Cl)O[C@@H](c2ccc(-c3cccc(CNC(=O)C(Cl)(Cl)Cl)c3)cc2)O[C@H]1c1ccc(CO)cc1. The van der Waals surface area contributed by atoms with E-state index in [1.165, 1.54) is 0 Å². The Labute approximate surface area is 274 Å². The second kappa shape index (κ2) is 13.8. The van der Waals surface area contributed by atoms with E-state index in [2.05, 4.69) is 17.2 Å². The first kappa shape index (κ1) is 32.1. The Kier molecular flexibility index (Phi) is 10.3. The number of halogens is 5. The first-order chi connectivity index (χ1) is 20.5. The topological polar surface area (TPSA) is 85.6 Å². The molecule has 1 aromatic heterocycles. The molecule has 0 saturated carbocycles. The van der Waals surface area contributed by atoms with Crippen LogP contribution in [0.15, 0.2) is 79.1 Å². The lowest BCUT2D eigenvalue weighted by Gasteiger charge is -2.41. The van der Waals surface area contributed by atoms with Crippen molar-refractivity contribution in [1.29, 1.82) is 0 Å². The number of carbonyl (C=O) groups excluding carboxylic acids is 1. The molecule has 0 bridgehead atoms. The van der Waals surface area contributed by atoms with Gasteiger partial charge in [-0.3, -0.25) is 4.79 Å². The third kappa shape index (κ3) is 7.67. The molecule has 1 amide bonds. The number of aliphatic hydroxyl groups is 1. The molecule has 1 aliphatic rings. The zero-order valence-corrected chi connectivity index (χ0v) is 26.7. The van der Waals surface area contributed by atoms with Gasteiger partial charge in [0.2, 0.25) is 0 Å². The maximum Gasteiger partial charge on any atom is 0.272 e. The number of imidazole rings is 1. The molecule has 0 spiro atoms. The molecule has 4 aromatic rings. The Hall–Kier alpha value is -2.33. The van der Waals surface area contributed by atoms with Crippen LogP contribution in [0.3, 0.4) is 0 Å². The van der Waals surface area contributed by atoms with Crippen molar-refractivity contribution in [1.82, 2.24) is 14.9 Å². The molecule has 1 aliphatic heterocycles. The second-order valence-corrected chi connectivity index (χ2v) is 13.3. The van der Waals surface area contributed by atoms with Gasteiger partial charge in [0.25, 0.3) is 9.70 Å². The number of alkyl halides is 3. The largest absolute Gasteiger partial charge is 0.392 e. The molecule has 0 aliphatic carbocycles.